The third-order valence-corrected chi connectivity index (χ3v) is 6.46. The van der Waals surface area contributed by atoms with Crippen LogP contribution in [0.25, 0.3) is 6.08 Å². The van der Waals surface area contributed by atoms with E-state index in [2.05, 4.69) is 0 Å². The average molecular weight is 466 g/mol. The molecule has 0 radical (unpaired) electrons. The van der Waals surface area contributed by atoms with Crippen molar-refractivity contribution < 1.29 is 23.9 Å². The molecule has 0 atom stereocenters. The number of methoxy groups -OCH3 is 1. The van der Waals surface area contributed by atoms with Crippen LogP contribution in [0.2, 0.25) is 0 Å². The molecule has 8 heteroatoms. The maximum Gasteiger partial charge on any atom is 0.353 e. The number of ether oxygens (including phenoxy) is 2. The molecule has 2 aromatic carbocycles. The molecule has 162 valence electrons. The van der Waals surface area contributed by atoms with Gasteiger partial charge in [-0.15, -0.1) is 11.3 Å². The molecule has 32 heavy (non-hydrogen) atoms. The fourth-order valence-electron chi connectivity index (χ4n) is 3.18. The van der Waals surface area contributed by atoms with Gasteiger partial charge in [-0.2, -0.15) is 0 Å². The van der Waals surface area contributed by atoms with Crippen molar-refractivity contribution in [1.82, 2.24) is 4.90 Å². The van der Waals surface area contributed by atoms with Crippen LogP contribution in [-0.2, 0) is 11.3 Å². The van der Waals surface area contributed by atoms with Gasteiger partial charge in [-0.1, -0.05) is 42.0 Å². The van der Waals surface area contributed by atoms with Gasteiger partial charge >= 0.3 is 5.97 Å². The smallest absolute Gasteiger partial charge is 0.353 e. The predicted octanol–water partition coefficient (Wildman–Crippen LogP) is 5.52. The third-order valence-electron chi connectivity index (χ3n) is 4.71. The van der Waals surface area contributed by atoms with Crippen molar-refractivity contribution in [3.05, 3.63) is 86.5 Å². The minimum absolute atomic E-state index is 0.227. The lowest BCUT2D eigenvalue weighted by Gasteiger charge is -2.12. The summed E-state index contributed by atoms with van der Waals surface area (Å²) in [5.74, 6) is -0.185. The number of aryl methyl sites for hydroxylation is 1. The van der Waals surface area contributed by atoms with Crippen LogP contribution in [0.5, 0.6) is 11.5 Å². The van der Waals surface area contributed by atoms with E-state index >= 15 is 0 Å². The van der Waals surface area contributed by atoms with Crippen LogP contribution in [0.4, 0.5) is 4.79 Å². The summed E-state index contributed by atoms with van der Waals surface area (Å²) in [5.41, 5.74) is 2.61. The van der Waals surface area contributed by atoms with Crippen molar-refractivity contribution in [3.63, 3.8) is 0 Å². The molecule has 1 aromatic heterocycles. The first-order chi connectivity index (χ1) is 15.4. The zero-order chi connectivity index (χ0) is 22.7. The topological polar surface area (TPSA) is 72.9 Å². The normalized spacial score (nSPS) is 14.8. The van der Waals surface area contributed by atoms with Gasteiger partial charge < -0.3 is 9.47 Å². The minimum atomic E-state index is -0.469. The summed E-state index contributed by atoms with van der Waals surface area (Å²) in [4.78, 5) is 39.5. The van der Waals surface area contributed by atoms with E-state index in [-0.39, 0.29) is 23.4 Å². The second-order valence-electron chi connectivity index (χ2n) is 7.03. The fourth-order valence-corrected chi connectivity index (χ4v) is 4.62. The lowest BCUT2D eigenvalue weighted by molar-refractivity contribution is -0.123. The van der Waals surface area contributed by atoms with Crippen molar-refractivity contribution in [1.29, 1.82) is 0 Å². The summed E-state index contributed by atoms with van der Waals surface area (Å²) in [7, 11) is 1.47. The molecule has 1 fully saturated rings. The van der Waals surface area contributed by atoms with E-state index in [0.717, 1.165) is 22.9 Å². The lowest BCUT2D eigenvalue weighted by Crippen LogP contribution is -2.27. The SMILES string of the molecule is COc1cc(/C=C2\SC(=O)N(Cc3cccc(C)c3)C2=O)ccc1OC(=O)c1cccs1. The Bertz CT molecular complexity index is 1220. The van der Waals surface area contributed by atoms with Crippen molar-refractivity contribution in [2.24, 2.45) is 0 Å². The molecular formula is C24H19NO5S2. The van der Waals surface area contributed by atoms with Gasteiger partial charge in [0.2, 0.25) is 0 Å². The van der Waals surface area contributed by atoms with Gasteiger partial charge in [0.15, 0.2) is 11.5 Å². The first-order valence-electron chi connectivity index (χ1n) is 9.69. The van der Waals surface area contributed by atoms with Gasteiger partial charge in [0.25, 0.3) is 11.1 Å². The van der Waals surface area contributed by atoms with E-state index in [9.17, 15) is 14.4 Å². The summed E-state index contributed by atoms with van der Waals surface area (Å²) in [5, 5.41) is 1.49. The molecule has 0 spiro atoms. The van der Waals surface area contributed by atoms with E-state index < -0.39 is 5.97 Å². The molecule has 6 nitrogen and oxygen atoms in total. The molecule has 1 saturated heterocycles. The summed E-state index contributed by atoms with van der Waals surface area (Å²) in [6.45, 7) is 2.19. The Balaban J connectivity index is 1.52. The maximum absolute atomic E-state index is 12.8. The lowest BCUT2D eigenvalue weighted by atomic mass is 10.1. The van der Waals surface area contributed by atoms with Gasteiger partial charge in [0.05, 0.1) is 18.6 Å². The molecule has 4 rings (SSSR count). The van der Waals surface area contributed by atoms with Crippen LogP contribution >= 0.6 is 23.1 Å². The number of hydrogen-bond donors (Lipinski definition) is 0. The molecule has 1 aliphatic rings. The summed E-state index contributed by atoms with van der Waals surface area (Å²) >= 11 is 2.19. The van der Waals surface area contributed by atoms with E-state index in [4.69, 9.17) is 9.47 Å². The average Bonchev–Trinajstić information content (AvgIpc) is 3.40. The second-order valence-corrected chi connectivity index (χ2v) is 8.97. The number of carbonyl (C=O) groups excluding carboxylic acids is 3. The Hall–Kier alpha value is -3.36. The summed E-state index contributed by atoms with van der Waals surface area (Å²) in [6.07, 6.45) is 1.63. The van der Waals surface area contributed by atoms with Crippen molar-refractivity contribution in [2.45, 2.75) is 13.5 Å². The van der Waals surface area contributed by atoms with Crippen LogP contribution in [0, 0.1) is 6.92 Å². The van der Waals surface area contributed by atoms with Gasteiger partial charge in [-0.05, 0) is 59.5 Å². The van der Waals surface area contributed by atoms with Gasteiger partial charge in [-0.3, -0.25) is 14.5 Å². The molecule has 0 N–H and O–H groups in total. The van der Waals surface area contributed by atoms with Gasteiger partial charge in [0.1, 0.15) is 4.88 Å². The zero-order valence-corrected chi connectivity index (χ0v) is 19.0. The first-order valence-corrected chi connectivity index (χ1v) is 11.4. The number of imide groups is 1. The highest BCUT2D eigenvalue weighted by atomic mass is 32.2. The Morgan fingerprint density at radius 3 is 2.62 bits per heavy atom. The number of amides is 2. The summed E-state index contributed by atoms with van der Waals surface area (Å²) in [6, 6.07) is 16.1. The van der Waals surface area contributed by atoms with Gasteiger partial charge in [-0.25, -0.2) is 4.79 Å². The quantitative estimate of drug-likeness (QED) is 0.271. The van der Waals surface area contributed by atoms with Crippen molar-refractivity contribution in [2.75, 3.05) is 7.11 Å². The van der Waals surface area contributed by atoms with E-state index in [1.807, 2.05) is 31.2 Å². The molecule has 0 saturated carbocycles. The largest absolute Gasteiger partial charge is 0.493 e. The third kappa shape index (κ3) is 4.76. The number of nitrogens with zero attached hydrogens (tertiary/aromatic N) is 1. The highest BCUT2D eigenvalue weighted by Gasteiger charge is 2.35. The minimum Gasteiger partial charge on any atom is -0.493 e. The standard InChI is InChI=1S/C24H19NO5S2/c1-15-5-3-6-17(11-15)14-25-22(26)21(32-24(25)28)13-16-8-9-18(19(12-16)29-2)30-23(27)20-7-4-10-31-20/h3-13H,14H2,1-2H3/b21-13-. The first kappa shape index (κ1) is 21.9. The van der Waals surface area contributed by atoms with Crippen LogP contribution < -0.4 is 9.47 Å². The maximum atomic E-state index is 12.8. The monoisotopic (exact) mass is 465 g/mol. The summed E-state index contributed by atoms with van der Waals surface area (Å²) < 4.78 is 10.8. The highest BCUT2D eigenvalue weighted by molar-refractivity contribution is 8.18. The number of carbonyl (C=O) groups is 3. The number of hydrogen-bond acceptors (Lipinski definition) is 7. The second kappa shape index (κ2) is 9.42. The van der Waals surface area contributed by atoms with E-state index in [1.165, 1.54) is 23.3 Å². The Labute approximate surface area is 193 Å². The molecule has 2 amide bonds. The molecule has 0 unspecified atom stereocenters. The van der Waals surface area contributed by atoms with Crippen molar-refractivity contribution in [3.8, 4) is 11.5 Å². The number of benzene rings is 2. The van der Waals surface area contributed by atoms with Crippen LogP contribution in [0.3, 0.4) is 0 Å². The van der Waals surface area contributed by atoms with Crippen LogP contribution in [0.15, 0.2) is 64.9 Å². The number of esters is 1. The van der Waals surface area contributed by atoms with Crippen LogP contribution in [0.1, 0.15) is 26.4 Å². The molecule has 2 heterocycles. The van der Waals surface area contributed by atoms with Crippen LogP contribution in [-0.4, -0.2) is 29.1 Å². The zero-order valence-electron chi connectivity index (χ0n) is 17.4. The Kier molecular flexibility index (Phi) is 6.43. The Morgan fingerprint density at radius 1 is 1.06 bits per heavy atom. The molecule has 0 bridgehead atoms. The van der Waals surface area contributed by atoms with Gasteiger partial charge in [0, 0.05) is 0 Å². The van der Waals surface area contributed by atoms with E-state index in [0.29, 0.717) is 21.1 Å². The number of thioether (sulfide) groups is 1. The van der Waals surface area contributed by atoms with E-state index in [1.54, 1.807) is 41.8 Å². The fraction of sp³-hybridized carbons (Fsp3) is 0.125. The number of rotatable bonds is 6. The Morgan fingerprint density at radius 2 is 1.91 bits per heavy atom. The number of thiophene rings is 1. The molecule has 0 aliphatic carbocycles. The molecular weight excluding hydrogens is 446 g/mol. The molecule has 1 aliphatic heterocycles. The predicted molar refractivity (Wildman–Crippen MR) is 125 cm³/mol. The highest BCUT2D eigenvalue weighted by Crippen LogP contribution is 2.35. The van der Waals surface area contributed by atoms with Crippen molar-refractivity contribution >= 4 is 46.3 Å². The molecule has 3 aromatic rings.